The number of hydrogen-bond acceptors (Lipinski definition) is 6. The van der Waals surface area contributed by atoms with Gasteiger partial charge in [-0.05, 0) is 36.8 Å². The van der Waals surface area contributed by atoms with Crippen LogP contribution < -0.4 is 10.2 Å². The predicted molar refractivity (Wildman–Crippen MR) is 109 cm³/mol. The van der Waals surface area contributed by atoms with E-state index < -0.39 is 0 Å². The quantitative estimate of drug-likeness (QED) is 0.706. The van der Waals surface area contributed by atoms with E-state index in [0.29, 0.717) is 12.3 Å². The number of benzene rings is 1. The molecule has 1 saturated heterocycles. The van der Waals surface area contributed by atoms with E-state index >= 15 is 0 Å². The molecule has 1 aliphatic rings. The minimum absolute atomic E-state index is 0.165. The van der Waals surface area contributed by atoms with E-state index in [-0.39, 0.29) is 5.91 Å². The topological polar surface area (TPSA) is 61.6 Å². The Morgan fingerprint density at radius 1 is 1.30 bits per heavy atom. The molecule has 1 aliphatic heterocycles. The summed E-state index contributed by atoms with van der Waals surface area (Å²) in [5.74, 6) is 0.188. The van der Waals surface area contributed by atoms with Crippen LogP contribution in [0.4, 0.5) is 5.13 Å². The van der Waals surface area contributed by atoms with Crippen molar-refractivity contribution in [3.8, 4) is 0 Å². The van der Waals surface area contributed by atoms with Crippen LogP contribution in [0.5, 0.6) is 0 Å². The zero-order valence-electron chi connectivity index (χ0n) is 15.1. The standard InChI is InChI=1S/C19H21ClN4O2S/c1-13-14(20)4-5-16-17(13)22-19(27-16)24-10-8-23(9-11-24)7-6-21-18(25)15-3-2-12-26-15/h2-5,12H,6-11H2,1H3,(H,21,25). The van der Waals surface area contributed by atoms with Crippen molar-refractivity contribution in [2.75, 3.05) is 44.2 Å². The van der Waals surface area contributed by atoms with Crippen LogP contribution in [-0.4, -0.2) is 55.1 Å². The van der Waals surface area contributed by atoms with Crippen molar-refractivity contribution in [1.82, 2.24) is 15.2 Å². The van der Waals surface area contributed by atoms with Gasteiger partial charge >= 0.3 is 0 Å². The van der Waals surface area contributed by atoms with Crippen LogP contribution in [0.2, 0.25) is 5.02 Å². The molecular weight excluding hydrogens is 384 g/mol. The van der Waals surface area contributed by atoms with Gasteiger partial charge in [0.1, 0.15) is 0 Å². The van der Waals surface area contributed by atoms with Crippen LogP contribution in [0.1, 0.15) is 16.1 Å². The van der Waals surface area contributed by atoms with Gasteiger partial charge in [0.2, 0.25) is 0 Å². The number of halogens is 1. The average molecular weight is 405 g/mol. The summed E-state index contributed by atoms with van der Waals surface area (Å²) >= 11 is 7.93. The molecule has 1 N–H and O–H groups in total. The van der Waals surface area contributed by atoms with Gasteiger partial charge < -0.3 is 14.6 Å². The molecule has 8 heteroatoms. The maximum absolute atomic E-state index is 11.9. The third-order valence-corrected chi connectivity index (χ3v) is 6.33. The van der Waals surface area contributed by atoms with Crippen LogP contribution in [0, 0.1) is 6.92 Å². The van der Waals surface area contributed by atoms with Gasteiger partial charge in [0.05, 0.1) is 16.5 Å². The number of thiazole rings is 1. The maximum atomic E-state index is 11.9. The van der Waals surface area contributed by atoms with E-state index in [2.05, 4.69) is 15.1 Å². The minimum Gasteiger partial charge on any atom is -0.459 e. The molecule has 2 aromatic heterocycles. The van der Waals surface area contributed by atoms with Crippen LogP contribution in [0.3, 0.4) is 0 Å². The number of rotatable bonds is 5. The van der Waals surface area contributed by atoms with Crippen molar-refractivity contribution in [2.24, 2.45) is 0 Å². The van der Waals surface area contributed by atoms with Gasteiger partial charge in [-0.15, -0.1) is 0 Å². The first kappa shape index (κ1) is 18.3. The zero-order valence-corrected chi connectivity index (χ0v) is 16.6. The number of furan rings is 1. The third-order valence-electron chi connectivity index (χ3n) is 4.84. The lowest BCUT2D eigenvalue weighted by atomic mass is 10.2. The van der Waals surface area contributed by atoms with Gasteiger partial charge in [0.25, 0.3) is 5.91 Å². The lowest BCUT2D eigenvalue weighted by Crippen LogP contribution is -2.48. The fourth-order valence-electron chi connectivity index (χ4n) is 3.21. The first-order chi connectivity index (χ1) is 13.1. The molecule has 0 atom stereocenters. The van der Waals surface area contributed by atoms with Gasteiger partial charge in [-0.1, -0.05) is 22.9 Å². The first-order valence-corrected chi connectivity index (χ1v) is 10.2. The van der Waals surface area contributed by atoms with Gasteiger partial charge in [-0.3, -0.25) is 9.69 Å². The number of amides is 1. The second kappa shape index (κ2) is 7.88. The molecule has 0 aliphatic carbocycles. The largest absolute Gasteiger partial charge is 0.459 e. The normalized spacial score (nSPS) is 15.4. The number of carbonyl (C=O) groups is 1. The van der Waals surface area contributed by atoms with Crippen LogP contribution in [-0.2, 0) is 0 Å². The van der Waals surface area contributed by atoms with Gasteiger partial charge in [0.15, 0.2) is 10.9 Å². The van der Waals surface area contributed by atoms with E-state index in [1.54, 1.807) is 23.5 Å². The number of fused-ring (bicyclic) bond motifs is 1. The number of nitrogens with zero attached hydrogens (tertiary/aromatic N) is 3. The Labute approximate surface area is 166 Å². The molecule has 0 spiro atoms. The summed E-state index contributed by atoms with van der Waals surface area (Å²) in [5, 5.41) is 4.71. The van der Waals surface area contributed by atoms with Crippen molar-refractivity contribution in [3.63, 3.8) is 0 Å². The van der Waals surface area contributed by atoms with Crippen LogP contribution >= 0.6 is 22.9 Å². The first-order valence-electron chi connectivity index (χ1n) is 8.96. The molecule has 142 valence electrons. The predicted octanol–water partition coefficient (Wildman–Crippen LogP) is 3.40. The van der Waals surface area contributed by atoms with E-state index in [0.717, 1.165) is 54.0 Å². The van der Waals surface area contributed by atoms with Crippen molar-refractivity contribution in [3.05, 3.63) is 46.9 Å². The average Bonchev–Trinajstić information content (AvgIpc) is 3.35. The number of aromatic nitrogens is 1. The summed E-state index contributed by atoms with van der Waals surface area (Å²) in [5.41, 5.74) is 2.05. The summed E-state index contributed by atoms with van der Waals surface area (Å²) in [6.07, 6.45) is 1.51. The van der Waals surface area contributed by atoms with Crippen LogP contribution in [0.15, 0.2) is 34.9 Å². The number of anilines is 1. The lowest BCUT2D eigenvalue weighted by Gasteiger charge is -2.34. The van der Waals surface area contributed by atoms with Crippen molar-refractivity contribution >= 4 is 44.2 Å². The lowest BCUT2D eigenvalue weighted by molar-refractivity contribution is 0.0920. The highest BCUT2D eigenvalue weighted by atomic mass is 35.5. The Morgan fingerprint density at radius 3 is 2.85 bits per heavy atom. The molecule has 1 aromatic carbocycles. The van der Waals surface area contributed by atoms with Crippen molar-refractivity contribution in [2.45, 2.75) is 6.92 Å². The summed E-state index contributed by atoms with van der Waals surface area (Å²) in [7, 11) is 0. The fourth-order valence-corrected chi connectivity index (χ4v) is 4.44. The second-order valence-electron chi connectivity index (χ2n) is 6.58. The molecule has 3 heterocycles. The van der Waals surface area contributed by atoms with Gasteiger partial charge in [-0.25, -0.2) is 4.98 Å². The minimum atomic E-state index is -0.165. The Kier molecular flexibility index (Phi) is 5.33. The van der Waals surface area contributed by atoms with E-state index in [1.807, 2.05) is 19.1 Å². The Balaban J connectivity index is 1.29. The highest BCUT2D eigenvalue weighted by molar-refractivity contribution is 7.22. The number of nitrogens with one attached hydrogen (secondary N) is 1. The molecule has 0 bridgehead atoms. The Morgan fingerprint density at radius 2 is 2.11 bits per heavy atom. The molecule has 0 saturated carbocycles. The molecule has 1 amide bonds. The smallest absolute Gasteiger partial charge is 0.287 e. The molecule has 0 radical (unpaired) electrons. The second-order valence-corrected chi connectivity index (χ2v) is 7.99. The molecule has 27 heavy (non-hydrogen) atoms. The fraction of sp³-hybridized carbons (Fsp3) is 0.368. The summed E-state index contributed by atoms with van der Waals surface area (Å²) in [4.78, 5) is 21.4. The Bertz CT molecular complexity index is 933. The molecule has 3 aromatic rings. The molecule has 0 unspecified atom stereocenters. The van der Waals surface area contributed by atoms with Gasteiger partial charge in [-0.2, -0.15) is 0 Å². The maximum Gasteiger partial charge on any atom is 0.287 e. The number of piperazine rings is 1. The van der Waals surface area contributed by atoms with Crippen molar-refractivity contribution < 1.29 is 9.21 Å². The third kappa shape index (κ3) is 3.95. The Hall–Kier alpha value is -2.09. The highest BCUT2D eigenvalue weighted by Crippen LogP contribution is 2.33. The molecular formula is C19H21ClN4O2S. The summed E-state index contributed by atoms with van der Waals surface area (Å²) in [6, 6.07) is 7.37. The number of carbonyl (C=O) groups excluding carboxylic acids is 1. The molecule has 1 fully saturated rings. The van der Waals surface area contributed by atoms with Crippen molar-refractivity contribution in [1.29, 1.82) is 0 Å². The number of hydrogen-bond donors (Lipinski definition) is 1. The van der Waals surface area contributed by atoms with E-state index in [9.17, 15) is 4.79 Å². The summed E-state index contributed by atoms with van der Waals surface area (Å²) in [6.45, 7) is 7.21. The summed E-state index contributed by atoms with van der Waals surface area (Å²) < 4.78 is 6.27. The molecule has 6 nitrogen and oxygen atoms in total. The van der Waals surface area contributed by atoms with Crippen LogP contribution in [0.25, 0.3) is 10.2 Å². The number of aryl methyl sites for hydroxylation is 1. The van der Waals surface area contributed by atoms with Gasteiger partial charge in [0, 0.05) is 44.3 Å². The zero-order chi connectivity index (χ0) is 18.8. The molecule has 4 rings (SSSR count). The SMILES string of the molecule is Cc1c(Cl)ccc2sc(N3CCN(CCNC(=O)c4ccco4)CC3)nc12. The van der Waals surface area contributed by atoms with E-state index in [4.69, 9.17) is 21.0 Å². The van der Waals surface area contributed by atoms with E-state index in [1.165, 1.54) is 11.0 Å². The monoisotopic (exact) mass is 404 g/mol. The highest BCUT2D eigenvalue weighted by Gasteiger charge is 2.20.